The highest BCUT2D eigenvalue weighted by Crippen LogP contribution is 2.17. The van der Waals surface area contributed by atoms with Gasteiger partial charge >= 0.3 is 0 Å². The molecule has 0 atom stereocenters. The average molecular weight is 270 g/mol. The maximum Gasteiger partial charge on any atom is 0.224 e. The third-order valence-corrected chi connectivity index (χ3v) is 3.01. The molecule has 1 amide bonds. The molecule has 0 fully saturated rings. The molecule has 3 N–H and O–H groups in total. The Hall–Kier alpha value is -2.49. The van der Waals surface area contributed by atoms with Gasteiger partial charge in [0.15, 0.2) is 0 Å². The standard InChI is InChI=1S/C16H18N2O2/c1-20-15-5-3-2-4-13(15)10-16(19)18-11-12-6-8-14(17)9-7-12/h2-9H,10-11,17H2,1H3,(H,18,19). The van der Waals surface area contributed by atoms with E-state index in [9.17, 15) is 4.79 Å². The molecule has 0 unspecified atom stereocenters. The second kappa shape index (κ2) is 6.61. The lowest BCUT2D eigenvalue weighted by Gasteiger charge is -2.09. The number of carbonyl (C=O) groups excluding carboxylic acids is 1. The highest BCUT2D eigenvalue weighted by molar-refractivity contribution is 5.79. The summed E-state index contributed by atoms with van der Waals surface area (Å²) in [6.45, 7) is 0.494. The zero-order chi connectivity index (χ0) is 14.4. The first-order chi connectivity index (χ1) is 9.69. The van der Waals surface area contributed by atoms with E-state index in [0.29, 0.717) is 18.7 Å². The fourth-order valence-electron chi connectivity index (χ4n) is 1.92. The van der Waals surface area contributed by atoms with E-state index < -0.39 is 0 Å². The minimum Gasteiger partial charge on any atom is -0.496 e. The molecule has 0 aromatic heterocycles. The lowest BCUT2D eigenvalue weighted by molar-refractivity contribution is -0.120. The molecule has 0 bridgehead atoms. The molecular formula is C16H18N2O2. The molecule has 0 aliphatic heterocycles. The maximum atomic E-state index is 11.9. The van der Waals surface area contributed by atoms with Gasteiger partial charge in [0.2, 0.25) is 5.91 Å². The minimum absolute atomic E-state index is 0.0358. The number of carbonyl (C=O) groups is 1. The summed E-state index contributed by atoms with van der Waals surface area (Å²) < 4.78 is 5.23. The van der Waals surface area contributed by atoms with Crippen LogP contribution in [-0.4, -0.2) is 13.0 Å². The summed E-state index contributed by atoms with van der Waals surface area (Å²) in [4.78, 5) is 11.9. The van der Waals surface area contributed by atoms with Gasteiger partial charge in [-0.25, -0.2) is 0 Å². The molecule has 0 saturated carbocycles. The van der Waals surface area contributed by atoms with Crippen LogP contribution in [0.5, 0.6) is 5.75 Å². The second-order valence-corrected chi connectivity index (χ2v) is 4.51. The Bertz CT molecular complexity index is 579. The van der Waals surface area contributed by atoms with E-state index in [1.54, 1.807) is 7.11 Å². The average Bonchev–Trinajstić information content (AvgIpc) is 2.47. The van der Waals surface area contributed by atoms with E-state index in [2.05, 4.69) is 5.32 Å². The maximum absolute atomic E-state index is 11.9. The Kier molecular flexibility index (Phi) is 4.60. The molecule has 20 heavy (non-hydrogen) atoms. The molecule has 104 valence electrons. The first-order valence-electron chi connectivity index (χ1n) is 6.42. The number of hydrogen-bond acceptors (Lipinski definition) is 3. The van der Waals surface area contributed by atoms with E-state index >= 15 is 0 Å². The monoisotopic (exact) mass is 270 g/mol. The van der Waals surface area contributed by atoms with Crippen LogP contribution in [0.2, 0.25) is 0 Å². The van der Waals surface area contributed by atoms with Gasteiger partial charge in [0.1, 0.15) is 5.75 Å². The lowest BCUT2D eigenvalue weighted by atomic mass is 10.1. The van der Waals surface area contributed by atoms with E-state index in [1.807, 2.05) is 48.5 Å². The number of methoxy groups -OCH3 is 1. The molecule has 0 aliphatic rings. The molecule has 0 radical (unpaired) electrons. The van der Waals surface area contributed by atoms with E-state index in [-0.39, 0.29) is 5.91 Å². The van der Waals surface area contributed by atoms with Crippen molar-refractivity contribution >= 4 is 11.6 Å². The van der Waals surface area contributed by atoms with Gasteiger partial charge < -0.3 is 15.8 Å². The number of nitrogen functional groups attached to an aromatic ring is 1. The van der Waals surface area contributed by atoms with Crippen LogP contribution in [0.3, 0.4) is 0 Å². The van der Waals surface area contributed by atoms with Crippen molar-refractivity contribution in [2.75, 3.05) is 12.8 Å². The normalized spacial score (nSPS) is 10.1. The summed E-state index contributed by atoms with van der Waals surface area (Å²) in [5, 5.41) is 2.88. The molecule has 0 saturated heterocycles. The summed E-state index contributed by atoms with van der Waals surface area (Å²) in [5.74, 6) is 0.696. The van der Waals surface area contributed by atoms with Crippen molar-refractivity contribution in [2.45, 2.75) is 13.0 Å². The Balaban J connectivity index is 1.91. The smallest absolute Gasteiger partial charge is 0.224 e. The van der Waals surface area contributed by atoms with Gasteiger partial charge in [0, 0.05) is 17.8 Å². The SMILES string of the molecule is COc1ccccc1CC(=O)NCc1ccc(N)cc1. The van der Waals surface area contributed by atoms with Gasteiger partial charge in [-0.05, 0) is 23.8 Å². The zero-order valence-electron chi connectivity index (χ0n) is 11.4. The molecule has 2 aromatic rings. The summed E-state index contributed by atoms with van der Waals surface area (Å²) in [5.41, 5.74) is 8.23. The van der Waals surface area contributed by atoms with Crippen molar-refractivity contribution in [1.82, 2.24) is 5.32 Å². The molecule has 2 aromatic carbocycles. The Morgan fingerprint density at radius 3 is 2.55 bits per heavy atom. The number of para-hydroxylation sites is 1. The topological polar surface area (TPSA) is 64.3 Å². The quantitative estimate of drug-likeness (QED) is 0.818. The number of nitrogens with one attached hydrogen (secondary N) is 1. The van der Waals surface area contributed by atoms with Crippen molar-refractivity contribution < 1.29 is 9.53 Å². The van der Waals surface area contributed by atoms with Crippen LogP contribution >= 0.6 is 0 Å². The Morgan fingerprint density at radius 2 is 1.85 bits per heavy atom. The van der Waals surface area contributed by atoms with Crippen molar-refractivity contribution in [2.24, 2.45) is 0 Å². The van der Waals surface area contributed by atoms with E-state index in [4.69, 9.17) is 10.5 Å². The van der Waals surface area contributed by atoms with E-state index in [1.165, 1.54) is 0 Å². The van der Waals surface area contributed by atoms with Crippen LogP contribution in [0.1, 0.15) is 11.1 Å². The highest BCUT2D eigenvalue weighted by atomic mass is 16.5. The number of benzene rings is 2. The molecule has 2 rings (SSSR count). The Labute approximate surface area is 118 Å². The Morgan fingerprint density at radius 1 is 1.15 bits per heavy atom. The van der Waals surface area contributed by atoms with Crippen molar-refractivity contribution in [3.05, 3.63) is 59.7 Å². The summed E-state index contributed by atoms with van der Waals surface area (Å²) in [6, 6.07) is 15.0. The van der Waals surface area contributed by atoms with Crippen LogP contribution in [0, 0.1) is 0 Å². The second-order valence-electron chi connectivity index (χ2n) is 4.51. The van der Waals surface area contributed by atoms with Gasteiger partial charge in [-0.3, -0.25) is 4.79 Å². The molecule has 4 nitrogen and oxygen atoms in total. The van der Waals surface area contributed by atoms with Crippen LogP contribution < -0.4 is 15.8 Å². The molecule has 0 aliphatic carbocycles. The predicted molar refractivity (Wildman–Crippen MR) is 79.4 cm³/mol. The summed E-state index contributed by atoms with van der Waals surface area (Å²) >= 11 is 0. The minimum atomic E-state index is -0.0358. The zero-order valence-corrected chi connectivity index (χ0v) is 11.4. The summed E-state index contributed by atoms with van der Waals surface area (Å²) in [7, 11) is 1.60. The van der Waals surface area contributed by atoms with Gasteiger partial charge in [-0.15, -0.1) is 0 Å². The third kappa shape index (κ3) is 3.75. The van der Waals surface area contributed by atoms with Crippen LogP contribution in [0.4, 0.5) is 5.69 Å². The van der Waals surface area contributed by atoms with Crippen molar-refractivity contribution in [3.8, 4) is 5.75 Å². The van der Waals surface area contributed by atoms with Gasteiger partial charge in [-0.1, -0.05) is 30.3 Å². The predicted octanol–water partition coefficient (Wildman–Crippen LogP) is 2.14. The number of anilines is 1. The number of hydrogen-bond donors (Lipinski definition) is 2. The van der Waals surface area contributed by atoms with Crippen LogP contribution in [-0.2, 0) is 17.8 Å². The van der Waals surface area contributed by atoms with Crippen LogP contribution in [0.25, 0.3) is 0 Å². The molecule has 0 heterocycles. The third-order valence-electron chi connectivity index (χ3n) is 3.01. The van der Waals surface area contributed by atoms with Crippen molar-refractivity contribution in [3.63, 3.8) is 0 Å². The number of nitrogens with two attached hydrogens (primary N) is 1. The number of ether oxygens (including phenoxy) is 1. The van der Waals surface area contributed by atoms with E-state index in [0.717, 1.165) is 16.9 Å². The number of amides is 1. The van der Waals surface area contributed by atoms with Gasteiger partial charge in [-0.2, -0.15) is 0 Å². The molecule has 4 heteroatoms. The van der Waals surface area contributed by atoms with Crippen molar-refractivity contribution in [1.29, 1.82) is 0 Å². The summed E-state index contributed by atoms with van der Waals surface area (Å²) in [6.07, 6.45) is 0.305. The first-order valence-corrected chi connectivity index (χ1v) is 6.42. The number of rotatable bonds is 5. The largest absolute Gasteiger partial charge is 0.496 e. The fraction of sp³-hybridized carbons (Fsp3) is 0.188. The van der Waals surface area contributed by atoms with Gasteiger partial charge in [0.05, 0.1) is 13.5 Å². The fourth-order valence-corrected chi connectivity index (χ4v) is 1.92. The molecular weight excluding hydrogens is 252 g/mol. The highest BCUT2D eigenvalue weighted by Gasteiger charge is 2.07. The molecule has 0 spiro atoms. The van der Waals surface area contributed by atoms with Crippen LogP contribution in [0.15, 0.2) is 48.5 Å². The van der Waals surface area contributed by atoms with Gasteiger partial charge in [0.25, 0.3) is 0 Å². The lowest BCUT2D eigenvalue weighted by Crippen LogP contribution is -2.24. The first kappa shape index (κ1) is 13.9.